The number of ether oxygens (including phenoxy) is 1. The third-order valence-electron chi connectivity index (χ3n) is 2.47. The molecule has 1 unspecified atom stereocenters. The molecular weight excluding hydrogens is 174 g/mol. The van der Waals surface area contributed by atoms with Gasteiger partial charge in [0.1, 0.15) is 0 Å². The van der Waals surface area contributed by atoms with Gasteiger partial charge in [0.05, 0.1) is 19.3 Å². The lowest BCUT2D eigenvalue weighted by Crippen LogP contribution is -2.29. The number of nitrogens with one attached hydrogen (secondary N) is 1. The molecule has 1 aliphatic heterocycles. The molecule has 1 atom stereocenters. The van der Waals surface area contributed by atoms with Crippen LogP contribution in [0, 0.1) is 0 Å². The standard InChI is InChI=1S/C12H15NO/c1-10-7-8-14-9-12(10)13-11-5-3-2-4-6-11/h2-7,12-13H,8-9H2,1H3. The molecule has 1 heterocycles. The Labute approximate surface area is 84.6 Å². The SMILES string of the molecule is CC1=CCOCC1Nc1ccccc1. The molecule has 0 aliphatic carbocycles. The van der Waals surface area contributed by atoms with Crippen molar-refractivity contribution in [3.05, 3.63) is 42.0 Å². The van der Waals surface area contributed by atoms with Crippen LogP contribution in [0.2, 0.25) is 0 Å². The number of benzene rings is 1. The number of hydrogen-bond donors (Lipinski definition) is 1. The first-order valence-electron chi connectivity index (χ1n) is 4.92. The molecule has 0 amide bonds. The zero-order valence-corrected chi connectivity index (χ0v) is 8.36. The van der Waals surface area contributed by atoms with Gasteiger partial charge in [0.2, 0.25) is 0 Å². The molecule has 2 nitrogen and oxygen atoms in total. The Morgan fingerprint density at radius 2 is 2.07 bits per heavy atom. The minimum atomic E-state index is 0.325. The molecule has 0 saturated heterocycles. The quantitative estimate of drug-likeness (QED) is 0.721. The van der Waals surface area contributed by atoms with Crippen molar-refractivity contribution in [3.8, 4) is 0 Å². The fourth-order valence-corrected chi connectivity index (χ4v) is 1.54. The Morgan fingerprint density at radius 1 is 1.29 bits per heavy atom. The summed E-state index contributed by atoms with van der Waals surface area (Å²) in [7, 11) is 0. The number of para-hydroxylation sites is 1. The van der Waals surface area contributed by atoms with Gasteiger partial charge in [0.15, 0.2) is 0 Å². The monoisotopic (exact) mass is 189 g/mol. The van der Waals surface area contributed by atoms with E-state index in [9.17, 15) is 0 Å². The minimum Gasteiger partial charge on any atom is -0.376 e. The van der Waals surface area contributed by atoms with Crippen LogP contribution in [-0.4, -0.2) is 19.3 Å². The van der Waals surface area contributed by atoms with E-state index in [4.69, 9.17) is 4.74 Å². The third kappa shape index (κ3) is 2.15. The van der Waals surface area contributed by atoms with Crippen LogP contribution in [0.1, 0.15) is 6.92 Å². The summed E-state index contributed by atoms with van der Waals surface area (Å²) >= 11 is 0. The molecule has 0 aromatic heterocycles. The van der Waals surface area contributed by atoms with E-state index in [1.807, 2.05) is 18.2 Å². The lowest BCUT2D eigenvalue weighted by atomic mass is 10.1. The average Bonchev–Trinajstić information content (AvgIpc) is 2.23. The van der Waals surface area contributed by atoms with E-state index < -0.39 is 0 Å². The van der Waals surface area contributed by atoms with E-state index in [1.165, 1.54) is 5.57 Å². The zero-order valence-electron chi connectivity index (χ0n) is 8.36. The molecule has 0 bridgehead atoms. The molecule has 14 heavy (non-hydrogen) atoms. The maximum atomic E-state index is 5.39. The second kappa shape index (κ2) is 4.29. The van der Waals surface area contributed by atoms with Crippen LogP contribution in [0.25, 0.3) is 0 Å². The number of rotatable bonds is 2. The van der Waals surface area contributed by atoms with Crippen LogP contribution < -0.4 is 5.32 Å². The van der Waals surface area contributed by atoms with Crippen LogP contribution >= 0.6 is 0 Å². The van der Waals surface area contributed by atoms with E-state index in [-0.39, 0.29) is 0 Å². The van der Waals surface area contributed by atoms with Gasteiger partial charge in [-0.2, -0.15) is 0 Å². The molecule has 74 valence electrons. The molecule has 1 aliphatic rings. The largest absolute Gasteiger partial charge is 0.376 e. The molecule has 1 aromatic rings. The highest BCUT2D eigenvalue weighted by Gasteiger charge is 2.13. The van der Waals surface area contributed by atoms with Crippen molar-refractivity contribution < 1.29 is 4.74 Å². The van der Waals surface area contributed by atoms with Crippen molar-refractivity contribution in [2.45, 2.75) is 13.0 Å². The molecule has 1 aromatic carbocycles. The first-order valence-corrected chi connectivity index (χ1v) is 4.92. The predicted molar refractivity (Wildman–Crippen MR) is 58.4 cm³/mol. The Balaban J connectivity index is 2.04. The van der Waals surface area contributed by atoms with Gasteiger partial charge in [-0.1, -0.05) is 29.8 Å². The highest BCUT2D eigenvalue weighted by Crippen LogP contribution is 2.14. The molecule has 1 N–H and O–H groups in total. The summed E-state index contributed by atoms with van der Waals surface area (Å²) in [5.74, 6) is 0. The Hall–Kier alpha value is -1.28. The Bertz CT molecular complexity index is 318. The van der Waals surface area contributed by atoms with Crippen molar-refractivity contribution >= 4 is 5.69 Å². The lowest BCUT2D eigenvalue weighted by molar-refractivity contribution is 0.147. The summed E-state index contributed by atoms with van der Waals surface area (Å²) in [6.07, 6.45) is 2.13. The maximum Gasteiger partial charge on any atom is 0.0710 e. The Morgan fingerprint density at radius 3 is 2.79 bits per heavy atom. The van der Waals surface area contributed by atoms with Gasteiger partial charge in [0, 0.05) is 5.69 Å². The minimum absolute atomic E-state index is 0.325. The Kier molecular flexibility index (Phi) is 2.84. The number of hydrogen-bond acceptors (Lipinski definition) is 2. The normalized spacial score (nSPS) is 21.5. The summed E-state index contributed by atoms with van der Waals surface area (Å²) in [6, 6.07) is 10.6. The van der Waals surface area contributed by atoms with E-state index in [2.05, 4.69) is 30.4 Å². The third-order valence-corrected chi connectivity index (χ3v) is 2.47. The van der Waals surface area contributed by atoms with Crippen molar-refractivity contribution in [1.29, 1.82) is 0 Å². The van der Waals surface area contributed by atoms with Gasteiger partial charge in [-0.15, -0.1) is 0 Å². The van der Waals surface area contributed by atoms with Gasteiger partial charge in [0.25, 0.3) is 0 Å². The van der Waals surface area contributed by atoms with Crippen LogP contribution in [0.4, 0.5) is 5.69 Å². The highest BCUT2D eigenvalue weighted by molar-refractivity contribution is 5.45. The first kappa shape index (κ1) is 9.28. The van der Waals surface area contributed by atoms with Crippen molar-refractivity contribution in [1.82, 2.24) is 0 Å². The van der Waals surface area contributed by atoms with Gasteiger partial charge < -0.3 is 10.1 Å². The lowest BCUT2D eigenvalue weighted by Gasteiger charge is -2.24. The van der Waals surface area contributed by atoms with E-state index in [1.54, 1.807) is 0 Å². The van der Waals surface area contributed by atoms with E-state index >= 15 is 0 Å². The second-order valence-corrected chi connectivity index (χ2v) is 3.55. The maximum absolute atomic E-state index is 5.39. The average molecular weight is 189 g/mol. The van der Waals surface area contributed by atoms with Gasteiger partial charge in [-0.3, -0.25) is 0 Å². The second-order valence-electron chi connectivity index (χ2n) is 3.55. The summed E-state index contributed by atoms with van der Waals surface area (Å²) in [6.45, 7) is 3.65. The fourth-order valence-electron chi connectivity index (χ4n) is 1.54. The molecule has 2 heteroatoms. The van der Waals surface area contributed by atoms with E-state index in [0.29, 0.717) is 6.04 Å². The molecule has 0 radical (unpaired) electrons. The fraction of sp³-hybridized carbons (Fsp3) is 0.333. The van der Waals surface area contributed by atoms with E-state index in [0.717, 1.165) is 18.9 Å². The van der Waals surface area contributed by atoms with Crippen molar-refractivity contribution in [2.24, 2.45) is 0 Å². The smallest absolute Gasteiger partial charge is 0.0710 e. The summed E-state index contributed by atoms with van der Waals surface area (Å²) in [5, 5.41) is 3.44. The van der Waals surface area contributed by atoms with Crippen molar-refractivity contribution in [3.63, 3.8) is 0 Å². The predicted octanol–water partition coefficient (Wildman–Crippen LogP) is 2.44. The topological polar surface area (TPSA) is 21.3 Å². The van der Waals surface area contributed by atoms with Crippen LogP contribution in [0.5, 0.6) is 0 Å². The van der Waals surface area contributed by atoms with Gasteiger partial charge in [-0.05, 0) is 19.1 Å². The summed E-state index contributed by atoms with van der Waals surface area (Å²) in [5.41, 5.74) is 2.51. The van der Waals surface area contributed by atoms with Gasteiger partial charge >= 0.3 is 0 Å². The molecule has 0 fully saturated rings. The summed E-state index contributed by atoms with van der Waals surface area (Å²) < 4.78 is 5.39. The van der Waals surface area contributed by atoms with Crippen molar-refractivity contribution in [2.75, 3.05) is 18.5 Å². The first-order chi connectivity index (χ1) is 6.86. The van der Waals surface area contributed by atoms with Crippen LogP contribution in [0.15, 0.2) is 42.0 Å². The summed E-state index contributed by atoms with van der Waals surface area (Å²) in [4.78, 5) is 0. The molecular formula is C12H15NO. The number of anilines is 1. The zero-order chi connectivity index (χ0) is 9.80. The molecule has 2 rings (SSSR count). The highest BCUT2D eigenvalue weighted by atomic mass is 16.5. The van der Waals surface area contributed by atoms with Gasteiger partial charge in [-0.25, -0.2) is 0 Å². The molecule has 0 saturated carbocycles. The van der Waals surface area contributed by atoms with Crippen LogP contribution in [0.3, 0.4) is 0 Å². The van der Waals surface area contributed by atoms with Crippen LogP contribution in [-0.2, 0) is 4.74 Å². The molecule has 0 spiro atoms.